The van der Waals surface area contributed by atoms with E-state index < -0.39 is 23.3 Å². The number of benzene rings is 2. The van der Waals surface area contributed by atoms with E-state index in [0.29, 0.717) is 11.1 Å². The molecule has 0 bridgehead atoms. The number of alkyl halides is 3. The fourth-order valence-electron chi connectivity index (χ4n) is 4.18. The van der Waals surface area contributed by atoms with Crippen LogP contribution in [0.2, 0.25) is 0 Å². The number of aliphatic hydroxyl groups is 1. The van der Waals surface area contributed by atoms with Gasteiger partial charge in [-0.3, -0.25) is 4.79 Å². The lowest BCUT2D eigenvalue weighted by atomic mass is 9.75. The Morgan fingerprint density at radius 3 is 2.43 bits per heavy atom. The van der Waals surface area contributed by atoms with Crippen molar-refractivity contribution < 1.29 is 27.5 Å². The van der Waals surface area contributed by atoms with Gasteiger partial charge in [-0.25, -0.2) is 4.39 Å². The molecule has 0 aliphatic heterocycles. The monoisotopic (exact) mass is 394 g/mol. The molecule has 1 atom stereocenters. The SMILES string of the molecule is CC1(C)CCC[C@@H]1c1cc(CO)ccc1-c1cc(C(=O)C(F)(F)F)ccc1F. The number of hydrogen-bond donors (Lipinski definition) is 1. The van der Waals surface area contributed by atoms with Gasteiger partial charge in [0.25, 0.3) is 5.78 Å². The van der Waals surface area contributed by atoms with Crippen molar-refractivity contribution in [2.24, 2.45) is 5.41 Å². The van der Waals surface area contributed by atoms with Crippen molar-refractivity contribution in [3.8, 4) is 11.1 Å². The smallest absolute Gasteiger partial charge is 0.392 e. The van der Waals surface area contributed by atoms with Crippen LogP contribution in [-0.4, -0.2) is 17.1 Å². The average molecular weight is 394 g/mol. The van der Waals surface area contributed by atoms with Crippen molar-refractivity contribution >= 4 is 5.78 Å². The lowest BCUT2D eigenvalue weighted by Crippen LogP contribution is -2.22. The molecule has 2 nitrogen and oxygen atoms in total. The van der Waals surface area contributed by atoms with Gasteiger partial charge in [0.2, 0.25) is 0 Å². The van der Waals surface area contributed by atoms with Gasteiger partial charge in [-0.1, -0.05) is 38.5 Å². The minimum absolute atomic E-state index is 0.0303. The Morgan fingerprint density at radius 1 is 1.14 bits per heavy atom. The van der Waals surface area contributed by atoms with Crippen LogP contribution in [0, 0.1) is 11.2 Å². The molecular formula is C22H22F4O2. The van der Waals surface area contributed by atoms with Gasteiger partial charge in [0.1, 0.15) is 5.82 Å². The number of rotatable bonds is 4. The first-order chi connectivity index (χ1) is 13.0. The van der Waals surface area contributed by atoms with Gasteiger partial charge in [-0.15, -0.1) is 0 Å². The second-order valence-electron chi connectivity index (χ2n) is 8.03. The first-order valence-corrected chi connectivity index (χ1v) is 9.20. The van der Waals surface area contributed by atoms with Crippen LogP contribution in [0.5, 0.6) is 0 Å². The van der Waals surface area contributed by atoms with E-state index in [9.17, 15) is 27.5 Å². The highest BCUT2D eigenvalue weighted by Crippen LogP contribution is 2.51. The minimum Gasteiger partial charge on any atom is -0.392 e. The van der Waals surface area contributed by atoms with Crippen LogP contribution in [0.15, 0.2) is 36.4 Å². The third kappa shape index (κ3) is 3.83. The van der Waals surface area contributed by atoms with Gasteiger partial charge in [0, 0.05) is 11.1 Å². The summed E-state index contributed by atoms with van der Waals surface area (Å²) < 4.78 is 53.1. The maximum Gasteiger partial charge on any atom is 0.454 e. The van der Waals surface area contributed by atoms with Crippen molar-refractivity contribution in [3.63, 3.8) is 0 Å². The zero-order chi connectivity index (χ0) is 20.7. The summed E-state index contributed by atoms with van der Waals surface area (Å²) in [5.74, 6) is -2.61. The van der Waals surface area contributed by atoms with Gasteiger partial charge < -0.3 is 5.11 Å². The molecule has 2 aromatic rings. The normalized spacial score (nSPS) is 19.0. The Kier molecular flexibility index (Phi) is 5.36. The maximum atomic E-state index is 14.6. The van der Waals surface area contributed by atoms with Crippen LogP contribution in [0.4, 0.5) is 17.6 Å². The van der Waals surface area contributed by atoms with Crippen LogP contribution in [-0.2, 0) is 6.61 Å². The summed E-state index contributed by atoms with van der Waals surface area (Å²) in [6.45, 7) is 4.04. The molecule has 150 valence electrons. The Morgan fingerprint density at radius 2 is 1.86 bits per heavy atom. The number of Topliss-reactive ketones (excluding diaryl/α,β-unsaturated/α-hetero) is 1. The average Bonchev–Trinajstić information content (AvgIpc) is 2.99. The number of ketones is 1. The molecule has 6 heteroatoms. The van der Waals surface area contributed by atoms with Crippen molar-refractivity contribution in [2.45, 2.75) is 51.8 Å². The number of aliphatic hydroxyl groups excluding tert-OH is 1. The molecule has 2 aromatic carbocycles. The van der Waals surface area contributed by atoms with Crippen LogP contribution >= 0.6 is 0 Å². The Bertz CT molecular complexity index is 900. The molecule has 0 saturated heterocycles. The van der Waals surface area contributed by atoms with E-state index in [1.54, 1.807) is 18.2 Å². The molecule has 0 amide bonds. The predicted octanol–water partition coefficient (Wildman–Crippen LogP) is 6.02. The number of carbonyl (C=O) groups excluding carboxylic acids is 1. The van der Waals surface area contributed by atoms with E-state index in [1.807, 2.05) is 0 Å². The van der Waals surface area contributed by atoms with Gasteiger partial charge in [-0.05, 0) is 59.1 Å². The molecule has 28 heavy (non-hydrogen) atoms. The Hall–Kier alpha value is -2.21. The van der Waals surface area contributed by atoms with E-state index >= 15 is 0 Å². The van der Waals surface area contributed by atoms with Gasteiger partial charge in [-0.2, -0.15) is 13.2 Å². The van der Waals surface area contributed by atoms with Crippen molar-refractivity contribution in [1.82, 2.24) is 0 Å². The second kappa shape index (κ2) is 7.32. The van der Waals surface area contributed by atoms with Crippen molar-refractivity contribution in [2.75, 3.05) is 0 Å². The van der Waals surface area contributed by atoms with E-state index in [-0.39, 0.29) is 23.5 Å². The fourth-order valence-corrected chi connectivity index (χ4v) is 4.18. The molecule has 0 radical (unpaired) electrons. The van der Waals surface area contributed by atoms with E-state index in [4.69, 9.17) is 0 Å². The molecule has 1 aliphatic carbocycles. The zero-order valence-electron chi connectivity index (χ0n) is 15.7. The molecule has 1 aliphatic rings. The van der Waals surface area contributed by atoms with Crippen LogP contribution in [0.3, 0.4) is 0 Å². The first-order valence-electron chi connectivity index (χ1n) is 9.20. The van der Waals surface area contributed by atoms with E-state index in [1.165, 1.54) is 0 Å². The summed E-state index contributed by atoms with van der Waals surface area (Å²) in [5, 5.41) is 9.51. The van der Waals surface area contributed by atoms with Gasteiger partial charge >= 0.3 is 6.18 Å². The number of halogens is 4. The summed E-state index contributed by atoms with van der Waals surface area (Å²) in [4.78, 5) is 11.6. The highest BCUT2D eigenvalue weighted by atomic mass is 19.4. The molecule has 0 unspecified atom stereocenters. The van der Waals surface area contributed by atoms with Crippen molar-refractivity contribution in [3.05, 3.63) is 58.9 Å². The maximum absolute atomic E-state index is 14.6. The van der Waals surface area contributed by atoms with Gasteiger partial charge in [0.05, 0.1) is 6.61 Å². The number of hydrogen-bond acceptors (Lipinski definition) is 2. The van der Waals surface area contributed by atoms with Crippen LogP contribution < -0.4 is 0 Å². The molecule has 1 fully saturated rings. The standard InChI is InChI=1S/C22H22F4O2/c1-21(2)9-3-4-18(21)16-10-13(12-27)5-7-15(16)17-11-14(6-8-19(17)23)20(28)22(24,25)26/h5-8,10-11,18,27H,3-4,9,12H2,1-2H3/t18-/m1/s1. The summed E-state index contributed by atoms with van der Waals surface area (Å²) in [5.41, 5.74) is 1.24. The first kappa shape index (κ1) is 20.5. The van der Waals surface area contributed by atoms with E-state index in [2.05, 4.69) is 13.8 Å². The minimum atomic E-state index is -5.02. The Labute approximate surface area is 161 Å². The third-order valence-electron chi connectivity index (χ3n) is 5.71. The molecule has 0 aromatic heterocycles. The summed E-state index contributed by atoms with van der Waals surface area (Å²) >= 11 is 0. The van der Waals surface area contributed by atoms with Crippen LogP contribution in [0.25, 0.3) is 11.1 Å². The lowest BCUT2D eigenvalue weighted by Gasteiger charge is -2.30. The summed E-state index contributed by atoms with van der Waals surface area (Å²) in [6.07, 6.45) is -2.17. The molecule has 1 saturated carbocycles. The summed E-state index contributed by atoms with van der Waals surface area (Å²) in [7, 11) is 0. The molecule has 0 heterocycles. The molecular weight excluding hydrogens is 372 g/mol. The molecule has 0 spiro atoms. The highest BCUT2D eigenvalue weighted by molar-refractivity contribution is 6.01. The van der Waals surface area contributed by atoms with Crippen molar-refractivity contribution in [1.29, 1.82) is 0 Å². The Balaban J connectivity index is 2.17. The largest absolute Gasteiger partial charge is 0.454 e. The summed E-state index contributed by atoms with van der Waals surface area (Å²) in [6, 6.07) is 7.77. The lowest BCUT2D eigenvalue weighted by molar-refractivity contribution is -0.0885. The third-order valence-corrected chi connectivity index (χ3v) is 5.71. The van der Waals surface area contributed by atoms with E-state index in [0.717, 1.165) is 43.0 Å². The van der Waals surface area contributed by atoms with Crippen LogP contribution in [0.1, 0.15) is 60.5 Å². The fraction of sp³-hybridized carbons (Fsp3) is 0.409. The quantitative estimate of drug-likeness (QED) is 0.508. The highest BCUT2D eigenvalue weighted by Gasteiger charge is 2.40. The second-order valence-corrected chi connectivity index (χ2v) is 8.03. The topological polar surface area (TPSA) is 37.3 Å². The molecule has 1 N–H and O–H groups in total. The number of carbonyl (C=O) groups is 1. The predicted molar refractivity (Wildman–Crippen MR) is 98.5 cm³/mol. The van der Waals surface area contributed by atoms with Gasteiger partial charge in [0.15, 0.2) is 0 Å². The zero-order valence-corrected chi connectivity index (χ0v) is 15.7. The molecule has 3 rings (SSSR count).